The average Bonchev–Trinajstić information content (AvgIpc) is 2.43. The number of amides is 1. The minimum atomic E-state index is -0.287. The number of methoxy groups -OCH3 is 1. The van der Waals surface area contributed by atoms with E-state index in [9.17, 15) is 4.79 Å². The number of fused-ring (bicyclic) bond motifs is 1. The van der Waals surface area contributed by atoms with Crippen LogP contribution in [0.1, 0.15) is 10.4 Å². The van der Waals surface area contributed by atoms with Gasteiger partial charge >= 0.3 is 0 Å². The molecule has 0 saturated heterocycles. The number of nitrogens with zero attached hydrogens (tertiary/aromatic N) is 1. The van der Waals surface area contributed by atoms with Crippen LogP contribution in [-0.2, 0) is 9.57 Å². The molecule has 0 aliphatic heterocycles. The first-order valence-electron chi connectivity index (χ1n) is 5.58. The summed E-state index contributed by atoms with van der Waals surface area (Å²) in [5.41, 5.74) is 3.70. The highest BCUT2D eigenvalue weighted by Crippen LogP contribution is 2.15. The van der Waals surface area contributed by atoms with Crippen LogP contribution in [0.4, 0.5) is 0 Å². The van der Waals surface area contributed by atoms with Gasteiger partial charge in [0.15, 0.2) is 0 Å². The summed E-state index contributed by atoms with van der Waals surface area (Å²) in [6.07, 6.45) is 1.69. The summed E-state index contributed by atoms with van der Waals surface area (Å²) in [6, 6.07) is 9.04. The summed E-state index contributed by atoms with van der Waals surface area (Å²) in [5, 5.41) is 0.799. The van der Waals surface area contributed by atoms with Crippen molar-refractivity contribution in [2.24, 2.45) is 0 Å². The van der Waals surface area contributed by atoms with Crippen molar-refractivity contribution in [1.29, 1.82) is 0 Å². The summed E-state index contributed by atoms with van der Waals surface area (Å²) in [4.78, 5) is 21.1. The fraction of sp³-hybridized carbons (Fsp3) is 0.231. The van der Waals surface area contributed by atoms with Crippen molar-refractivity contribution in [3.05, 3.63) is 42.1 Å². The van der Waals surface area contributed by atoms with E-state index in [1.807, 2.05) is 12.1 Å². The Bertz CT molecular complexity index is 537. The van der Waals surface area contributed by atoms with E-state index in [-0.39, 0.29) is 5.91 Å². The van der Waals surface area contributed by atoms with E-state index < -0.39 is 0 Å². The maximum absolute atomic E-state index is 11.9. The zero-order valence-corrected chi connectivity index (χ0v) is 10.1. The molecule has 1 heterocycles. The Morgan fingerprint density at radius 1 is 1.28 bits per heavy atom. The first-order valence-corrected chi connectivity index (χ1v) is 5.58. The van der Waals surface area contributed by atoms with Crippen LogP contribution in [0.15, 0.2) is 36.5 Å². The maximum atomic E-state index is 11.9. The van der Waals surface area contributed by atoms with E-state index in [1.54, 1.807) is 31.5 Å². The quantitative estimate of drug-likeness (QED) is 0.642. The third-order valence-electron chi connectivity index (χ3n) is 2.44. The molecule has 5 heteroatoms. The van der Waals surface area contributed by atoms with Crippen LogP contribution in [-0.4, -0.2) is 31.2 Å². The maximum Gasteiger partial charge on any atom is 0.275 e. The van der Waals surface area contributed by atoms with Gasteiger partial charge in [0, 0.05) is 18.7 Å². The van der Waals surface area contributed by atoms with Gasteiger partial charge in [-0.2, -0.15) is 0 Å². The summed E-state index contributed by atoms with van der Waals surface area (Å²) < 4.78 is 4.81. The van der Waals surface area contributed by atoms with E-state index >= 15 is 0 Å². The van der Waals surface area contributed by atoms with Crippen LogP contribution in [0, 0.1) is 0 Å². The Balaban J connectivity index is 2.13. The number of carbonyl (C=O) groups excluding carboxylic acids is 1. The van der Waals surface area contributed by atoms with Crippen molar-refractivity contribution in [1.82, 2.24) is 10.5 Å². The molecular formula is C13H14N2O3. The Morgan fingerprint density at radius 2 is 2.17 bits per heavy atom. The van der Waals surface area contributed by atoms with Crippen molar-refractivity contribution in [2.75, 3.05) is 20.3 Å². The lowest BCUT2D eigenvalue weighted by molar-refractivity contribution is 0.00899. The van der Waals surface area contributed by atoms with Gasteiger partial charge in [0.2, 0.25) is 0 Å². The number of nitrogens with one attached hydrogen (secondary N) is 1. The lowest BCUT2D eigenvalue weighted by Gasteiger charge is -2.07. The van der Waals surface area contributed by atoms with Crippen LogP contribution in [0.25, 0.3) is 10.9 Å². The molecule has 0 bridgehead atoms. The van der Waals surface area contributed by atoms with Gasteiger partial charge < -0.3 is 4.74 Å². The van der Waals surface area contributed by atoms with Gasteiger partial charge in [-0.3, -0.25) is 14.6 Å². The molecule has 0 atom stereocenters. The standard InChI is InChI=1S/C13H14N2O3/c1-17-8-9-18-15-13(16)11-4-2-6-12-10(11)5-3-7-14-12/h2-7H,8-9H2,1H3,(H,15,16). The molecule has 0 aliphatic carbocycles. The molecule has 2 rings (SSSR count). The van der Waals surface area contributed by atoms with E-state index in [0.29, 0.717) is 18.8 Å². The fourth-order valence-corrected chi connectivity index (χ4v) is 1.60. The van der Waals surface area contributed by atoms with Gasteiger partial charge in [-0.05, 0) is 18.2 Å². The largest absolute Gasteiger partial charge is 0.382 e. The number of hydrogen-bond acceptors (Lipinski definition) is 4. The molecule has 1 amide bonds. The Kier molecular flexibility index (Phi) is 4.22. The number of ether oxygens (including phenoxy) is 1. The van der Waals surface area contributed by atoms with Gasteiger partial charge in [0.1, 0.15) is 0 Å². The number of pyridine rings is 1. The molecule has 0 unspecified atom stereocenters. The highest BCUT2D eigenvalue weighted by atomic mass is 16.7. The van der Waals surface area contributed by atoms with Crippen LogP contribution < -0.4 is 5.48 Å². The Hall–Kier alpha value is -1.98. The highest BCUT2D eigenvalue weighted by molar-refractivity contribution is 6.05. The fourth-order valence-electron chi connectivity index (χ4n) is 1.60. The van der Waals surface area contributed by atoms with E-state index in [2.05, 4.69) is 10.5 Å². The minimum Gasteiger partial charge on any atom is -0.382 e. The SMILES string of the molecule is COCCONC(=O)c1cccc2ncccc12. The number of carbonyl (C=O) groups is 1. The van der Waals surface area contributed by atoms with Crippen LogP contribution in [0.2, 0.25) is 0 Å². The predicted molar refractivity (Wildman–Crippen MR) is 67.0 cm³/mol. The van der Waals surface area contributed by atoms with Crippen LogP contribution in [0.3, 0.4) is 0 Å². The molecule has 2 aromatic rings. The molecule has 94 valence electrons. The van der Waals surface area contributed by atoms with Gasteiger partial charge in [0.25, 0.3) is 5.91 Å². The van der Waals surface area contributed by atoms with Crippen molar-refractivity contribution in [3.63, 3.8) is 0 Å². The molecule has 0 radical (unpaired) electrons. The second-order valence-corrected chi connectivity index (χ2v) is 3.65. The van der Waals surface area contributed by atoms with Crippen LogP contribution in [0.5, 0.6) is 0 Å². The summed E-state index contributed by atoms with van der Waals surface area (Å²) >= 11 is 0. The minimum absolute atomic E-state index is 0.287. The second kappa shape index (κ2) is 6.09. The van der Waals surface area contributed by atoms with E-state index in [1.165, 1.54) is 0 Å². The van der Waals surface area contributed by atoms with Crippen molar-refractivity contribution >= 4 is 16.8 Å². The molecule has 1 aromatic carbocycles. The van der Waals surface area contributed by atoms with Crippen molar-refractivity contribution < 1.29 is 14.4 Å². The van der Waals surface area contributed by atoms with Gasteiger partial charge in [-0.1, -0.05) is 12.1 Å². The number of hydroxylamine groups is 1. The molecule has 0 aliphatic rings. The van der Waals surface area contributed by atoms with Crippen molar-refractivity contribution in [3.8, 4) is 0 Å². The third kappa shape index (κ3) is 2.82. The summed E-state index contributed by atoms with van der Waals surface area (Å²) in [5.74, 6) is -0.287. The van der Waals surface area contributed by atoms with Gasteiger partial charge in [-0.25, -0.2) is 5.48 Å². The summed E-state index contributed by atoms with van der Waals surface area (Å²) in [6.45, 7) is 0.739. The van der Waals surface area contributed by atoms with Crippen LogP contribution >= 0.6 is 0 Å². The molecular weight excluding hydrogens is 232 g/mol. The molecule has 0 fully saturated rings. The summed E-state index contributed by atoms with van der Waals surface area (Å²) in [7, 11) is 1.57. The van der Waals surface area contributed by atoms with Crippen molar-refractivity contribution in [2.45, 2.75) is 0 Å². The van der Waals surface area contributed by atoms with E-state index in [0.717, 1.165) is 10.9 Å². The lowest BCUT2D eigenvalue weighted by atomic mass is 10.1. The average molecular weight is 246 g/mol. The molecule has 18 heavy (non-hydrogen) atoms. The first kappa shape index (κ1) is 12.5. The molecule has 1 aromatic heterocycles. The molecule has 5 nitrogen and oxygen atoms in total. The topological polar surface area (TPSA) is 60.5 Å². The van der Waals surface area contributed by atoms with E-state index in [4.69, 9.17) is 9.57 Å². The lowest BCUT2D eigenvalue weighted by Crippen LogP contribution is -2.25. The number of aromatic nitrogens is 1. The predicted octanol–water partition coefficient (Wildman–Crippen LogP) is 1.54. The first-order chi connectivity index (χ1) is 8.83. The highest BCUT2D eigenvalue weighted by Gasteiger charge is 2.09. The van der Waals surface area contributed by atoms with Gasteiger partial charge in [0.05, 0.1) is 24.3 Å². The third-order valence-corrected chi connectivity index (χ3v) is 2.44. The monoisotopic (exact) mass is 246 g/mol. The number of rotatable bonds is 5. The number of hydrogen-bond donors (Lipinski definition) is 1. The molecule has 0 spiro atoms. The number of benzene rings is 1. The normalized spacial score (nSPS) is 10.5. The Labute approximate surface area is 105 Å². The Morgan fingerprint density at radius 3 is 3.00 bits per heavy atom. The zero-order chi connectivity index (χ0) is 12.8. The molecule has 1 N–H and O–H groups in total. The smallest absolute Gasteiger partial charge is 0.275 e. The molecule has 0 saturated carbocycles. The zero-order valence-electron chi connectivity index (χ0n) is 10.1. The second-order valence-electron chi connectivity index (χ2n) is 3.65. The van der Waals surface area contributed by atoms with Gasteiger partial charge in [-0.15, -0.1) is 0 Å².